The van der Waals surface area contributed by atoms with Crippen molar-refractivity contribution < 1.29 is 57.2 Å². The van der Waals surface area contributed by atoms with Crippen LogP contribution >= 0.6 is 0 Å². The molecule has 6 N–H and O–H groups in total. The maximum absolute atomic E-state index is 13.5. The van der Waals surface area contributed by atoms with E-state index in [1.807, 2.05) is 60.7 Å². The summed E-state index contributed by atoms with van der Waals surface area (Å²) >= 11 is 0. The summed E-state index contributed by atoms with van der Waals surface area (Å²) < 4.78 is 26.1. The van der Waals surface area contributed by atoms with E-state index in [1.165, 1.54) is 7.11 Å². The second-order valence-electron chi connectivity index (χ2n) is 16.7. The molecule has 3 atom stereocenters. The van der Waals surface area contributed by atoms with Gasteiger partial charge < -0.3 is 55.6 Å². The van der Waals surface area contributed by atoms with E-state index in [4.69, 9.17) is 23.7 Å². The number of hydrogen-bond donors (Lipinski definition) is 6. The Labute approximate surface area is 371 Å². The van der Waals surface area contributed by atoms with Crippen LogP contribution in [-0.4, -0.2) is 98.2 Å². The monoisotopic (exact) mass is 884 g/mol. The number of rotatable bonds is 25. The van der Waals surface area contributed by atoms with Gasteiger partial charge in [-0.3, -0.25) is 9.59 Å². The van der Waals surface area contributed by atoms with E-state index in [2.05, 4.69) is 31.9 Å². The number of benzene rings is 2. The average Bonchev–Trinajstić information content (AvgIpc) is 3.22. The minimum atomic E-state index is -1.07. The van der Waals surface area contributed by atoms with Gasteiger partial charge in [0.1, 0.15) is 42.5 Å². The lowest BCUT2D eigenvalue weighted by molar-refractivity contribution is -0.145. The van der Waals surface area contributed by atoms with Crippen LogP contribution in [0.1, 0.15) is 110 Å². The van der Waals surface area contributed by atoms with Crippen LogP contribution < -0.4 is 31.9 Å². The molecule has 0 spiro atoms. The molecular formula is C45H68N6O12. The smallest absolute Gasteiger partial charge is 0.408 e. The van der Waals surface area contributed by atoms with Gasteiger partial charge in [0.25, 0.3) is 0 Å². The second kappa shape index (κ2) is 28.5. The minimum Gasteiger partial charge on any atom is -0.467 e. The lowest BCUT2D eigenvalue weighted by atomic mass is 10.1. The molecule has 0 saturated heterocycles. The summed E-state index contributed by atoms with van der Waals surface area (Å²) in [6.07, 6.45) is 0.535. The van der Waals surface area contributed by atoms with Gasteiger partial charge in [-0.1, -0.05) is 60.7 Å². The molecule has 0 aliphatic carbocycles. The first kappa shape index (κ1) is 53.1. The molecule has 0 fully saturated rings. The summed E-state index contributed by atoms with van der Waals surface area (Å²) in [7, 11) is 1.20. The van der Waals surface area contributed by atoms with E-state index >= 15 is 0 Å². The van der Waals surface area contributed by atoms with Gasteiger partial charge in [-0.05, 0) is 110 Å². The van der Waals surface area contributed by atoms with Gasteiger partial charge in [0, 0.05) is 19.6 Å². The molecule has 0 aliphatic rings. The highest BCUT2D eigenvalue weighted by Crippen LogP contribution is 2.12. The standard InChI is InChI=1S/C45H68N6O12/c1-44(2,3)62-42(57)50-34(24-14-18-28-47-40(55)60-30-32-20-10-8-11-21-32)37(52)46-27-17-16-26-36(39(54)59-7)49-38(53)35(51-43(58)63-45(4,5)6)25-15-19-29-48-41(56)61-31-33-22-12-9-13-23-33/h8-13,20-23,34-36H,14-19,24-31H2,1-7H3,(H,46,52)(H,47,55)(H,48,56)(H,49,53)(H,50,57)(H,51,58)/t34-,35-,36-/m0/s1. The maximum Gasteiger partial charge on any atom is 0.408 e. The third-order valence-corrected chi connectivity index (χ3v) is 8.84. The molecule has 63 heavy (non-hydrogen) atoms. The van der Waals surface area contributed by atoms with Gasteiger partial charge >= 0.3 is 30.3 Å². The Balaban J connectivity index is 1.89. The van der Waals surface area contributed by atoms with Crippen LogP contribution in [0.25, 0.3) is 0 Å². The molecule has 350 valence electrons. The van der Waals surface area contributed by atoms with Crippen LogP contribution in [0.4, 0.5) is 19.2 Å². The Kier molecular flexibility index (Phi) is 24.0. The number of alkyl carbamates (subject to hydrolysis) is 4. The van der Waals surface area contributed by atoms with Crippen LogP contribution in [0, 0.1) is 0 Å². The van der Waals surface area contributed by atoms with E-state index in [9.17, 15) is 33.6 Å². The zero-order valence-corrected chi connectivity index (χ0v) is 37.8. The molecule has 0 bridgehead atoms. The molecule has 0 aliphatic heterocycles. The van der Waals surface area contributed by atoms with Crippen LogP contribution in [-0.2, 0) is 51.3 Å². The molecule has 0 radical (unpaired) electrons. The Bertz CT molecular complexity index is 1720. The third-order valence-electron chi connectivity index (χ3n) is 8.84. The fraction of sp³-hybridized carbons (Fsp3) is 0.578. The third kappa shape index (κ3) is 25.5. The highest BCUT2D eigenvalue weighted by atomic mass is 16.6. The first-order valence-corrected chi connectivity index (χ1v) is 21.4. The summed E-state index contributed by atoms with van der Waals surface area (Å²) in [5, 5.41) is 16.1. The number of unbranched alkanes of at least 4 members (excludes halogenated alkanes) is 3. The Hall–Kier alpha value is -6.07. The van der Waals surface area contributed by atoms with Gasteiger partial charge in [-0.2, -0.15) is 0 Å². The number of amides is 6. The van der Waals surface area contributed by atoms with Crippen molar-refractivity contribution in [3.63, 3.8) is 0 Å². The normalized spacial score (nSPS) is 12.6. The van der Waals surface area contributed by atoms with Crippen molar-refractivity contribution >= 4 is 42.2 Å². The highest BCUT2D eigenvalue weighted by Gasteiger charge is 2.29. The number of hydrogen-bond acceptors (Lipinski definition) is 12. The number of carbonyl (C=O) groups is 7. The zero-order valence-electron chi connectivity index (χ0n) is 37.8. The first-order valence-electron chi connectivity index (χ1n) is 21.4. The van der Waals surface area contributed by atoms with Gasteiger partial charge in [0.15, 0.2) is 0 Å². The van der Waals surface area contributed by atoms with E-state index in [-0.39, 0.29) is 45.6 Å². The molecule has 2 aromatic rings. The first-order chi connectivity index (χ1) is 29.8. The van der Waals surface area contributed by atoms with Gasteiger partial charge in [0.05, 0.1) is 7.11 Å². The number of nitrogens with one attached hydrogen (secondary N) is 6. The molecular weight excluding hydrogens is 817 g/mol. The van der Waals surface area contributed by atoms with Crippen LogP contribution in [0.5, 0.6) is 0 Å². The molecule has 2 aromatic carbocycles. The van der Waals surface area contributed by atoms with Crippen molar-refractivity contribution in [3.05, 3.63) is 71.8 Å². The number of carbonyl (C=O) groups excluding carboxylic acids is 7. The Morgan fingerprint density at radius 1 is 0.476 bits per heavy atom. The van der Waals surface area contributed by atoms with Crippen molar-refractivity contribution in [2.75, 3.05) is 26.7 Å². The van der Waals surface area contributed by atoms with Gasteiger partial charge in [-0.25, -0.2) is 24.0 Å². The van der Waals surface area contributed by atoms with E-state index in [1.54, 1.807) is 41.5 Å². The molecule has 0 heterocycles. The zero-order chi connectivity index (χ0) is 46.7. The predicted molar refractivity (Wildman–Crippen MR) is 234 cm³/mol. The molecule has 2 rings (SSSR count). The van der Waals surface area contributed by atoms with E-state index < -0.39 is 71.5 Å². The number of ether oxygens (including phenoxy) is 5. The van der Waals surface area contributed by atoms with Crippen molar-refractivity contribution in [1.82, 2.24) is 31.9 Å². The summed E-state index contributed by atoms with van der Waals surface area (Å²) in [6.45, 7) is 11.2. The predicted octanol–water partition coefficient (Wildman–Crippen LogP) is 5.91. The summed E-state index contributed by atoms with van der Waals surface area (Å²) in [5.74, 6) is -1.76. The van der Waals surface area contributed by atoms with Crippen molar-refractivity contribution in [1.29, 1.82) is 0 Å². The maximum atomic E-state index is 13.5. The SMILES string of the molecule is COC(=O)[C@H](CCCCNC(=O)[C@H](CCCCNC(=O)OCc1ccccc1)NC(=O)OC(C)(C)C)NC(=O)[C@H](CCCCNC(=O)OCc1ccccc1)NC(=O)OC(C)(C)C. The minimum absolute atomic E-state index is 0.121. The highest BCUT2D eigenvalue weighted by molar-refractivity contribution is 5.89. The fourth-order valence-electron chi connectivity index (χ4n) is 5.79. The fourth-order valence-corrected chi connectivity index (χ4v) is 5.79. The van der Waals surface area contributed by atoms with Gasteiger partial charge in [0.2, 0.25) is 11.8 Å². The summed E-state index contributed by atoms with van der Waals surface area (Å²) in [6, 6.07) is 15.4. The number of esters is 1. The lowest BCUT2D eigenvalue weighted by Crippen LogP contribution is -2.52. The Morgan fingerprint density at radius 3 is 1.25 bits per heavy atom. The quantitative estimate of drug-likeness (QED) is 0.0388. The molecule has 0 unspecified atom stereocenters. The van der Waals surface area contributed by atoms with E-state index in [0.717, 1.165) is 11.1 Å². The van der Waals surface area contributed by atoms with Crippen molar-refractivity contribution in [2.45, 2.75) is 142 Å². The Morgan fingerprint density at radius 2 is 0.857 bits per heavy atom. The second-order valence-corrected chi connectivity index (χ2v) is 16.7. The lowest BCUT2D eigenvalue weighted by Gasteiger charge is -2.25. The molecule has 0 aromatic heterocycles. The topological polar surface area (TPSA) is 238 Å². The van der Waals surface area contributed by atoms with Gasteiger partial charge in [-0.15, -0.1) is 0 Å². The largest absolute Gasteiger partial charge is 0.467 e. The van der Waals surface area contributed by atoms with Crippen molar-refractivity contribution in [2.24, 2.45) is 0 Å². The molecule has 18 nitrogen and oxygen atoms in total. The molecule has 6 amide bonds. The summed E-state index contributed by atoms with van der Waals surface area (Å²) in [4.78, 5) is 89.1. The van der Waals surface area contributed by atoms with Crippen LogP contribution in [0.15, 0.2) is 60.7 Å². The average molecular weight is 885 g/mol. The van der Waals surface area contributed by atoms with Crippen LogP contribution in [0.2, 0.25) is 0 Å². The van der Waals surface area contributed by atoms with Crippen molar-refractivity contribution in [3.8, 4) is 0 Å². The van der Waals surface area contributed by atoms with Crippen LogP contribution in [0.3, 0.4) is 0 Å². The molecule has 0 saturated carbocycles. The summed E-state index contributed by atoms with van der Waals surface area (Å²) in [5.41, 5.74) is 0.0876. The number of methoxy groups -OCH3 is 1. The van der Waals surface area contributed by atoms with E-state index in [0.29, 0.717) is 45.1 Å². The molecule has 18 heteroatoms.